The summed E-state index contributed by atoms with van der Waals surface area (Å²) >= 11 is 1.07. The van der Waals surface area contributed by atoms with Gasteiger partial charge in [0.15, 0.2) is 0 Å². The number of sulfonamides is 1. The van der Waals surface area contributed by atoms with Crippen molar-refractivity contribution in [2.45, 2.75) is 43.7 Å². The molecule has 2 fully saturated rings. The summed E-state index contributed by atoms with van der Waals surface area (Å²) in [5.41, 5.74) is 0.771. The van der Waals surface area contributed by atoms with Crippen LogP contribution in [-0.2, 0) is 26.1 Å². The SMILES string of the molecule is CCCn1c(=O)sc2cc(S(=O)(=O)N3CCN(C(=O)C4CCCO4)CC3)ccc21. The number of fused-ring (bicyclic) bond motifs is 1. The molecule has 0 radical (unpaired) electrons. The van der Waals surface area contributed by atoms with Gasteiger partial charge in [0.25, 0.3) is 5.91 Å². The van der Waals surface area contributed by atoms with E-state index >= 15 is 0 Å². The third kappa shape index (κ3) is 3.86. The standard InChI is InChI=1S/C19H25N3O5S2/c1-2-7-22-15-6-5-14(13-17(15)28-19(22)24)29(25,26)21-10-8-20(9-11-21)18(23)16-4-3-12-27-16/h5-6,13,16H,2-4,7-12H2,1H3. The highest BCUT2D eigenvalue weighted by Crippen LogP contribution is 2.25. The van der Waals surface area contributed by atoms with Crippen LogP contribution in [0, 0.1) is 0 Å². The Morgan fingerprint density at radius 1 is 1.24 bits per heavy atom. The summed E-state index contributed by atoms with van der Waals surface area (Å²) < 4.78 is 35.4. The first kappa shape index (κ1) is 20.5. The highest BCUT2D eigenvalue weighted by molar-refractivity contribution is 7.89. The summed E-state index contributed by atoms with van der Waals surface area (Å²) in [5, 5.41) is 0. The number of amides is 1. The summed E-state index contributed by atoms with van der Waals surface area (Å²) in [5.74, 6) is -0.0389. The van der Waals surface area contributed by atoms with Gasteiger partial charge >= 0.3 is 4.87 Å². The number of rotatable bonds is 5. The van der Waals surface area contributed by atoms with E-state index in [1.54, 1.807) is 27.7 Å². The molecule has 0 bridgehead atoms. The van der Waals surface area contributed by atoms with E-state index in [-0.39, 0.29) is 34.9 Å². The molecular weight excluding hydrogens is 414 g/mol. The van der Waals surface area contributed by atoms with Gasteiger partial charge in [0.05, 0.1) is 15.1 Å². The number of hydrogen-bond acceptors (Lipinski definition) is 6. The van der Waals surface area contributed by atoms with Gasteiger partial charge in [0.1, 0.15) is 6.10 Å². The molecule has 2 aliphatic heterocycles. The number of carbonyl (C=O) groups excluding carboxylic acids is 1. The Kier molecular flexibility index (Phi) is 5.78. The molecule has 1 amide bonds. The monoisotopic (exact) mass is 439 g/mol. The average Bonchev–Trinajstić information content (AvgIpc) is 3.36. The number of nitrogens with zero attached hydrogens (tertiary/aromatic N) is 3. The fourth-order valence-corrected chi connectivity index (χ4v) is 6.40. The van der Waals surface area contributed by atoms with E-state index in [2.05, 4.69) is 0 Å². The Morgan fingerprint density at radius 2 is 2.00 bits per heavy atom. The summed E-state index contributed by atoms with van der Waals surface area (Å²) in [7, 11) is -3.68. The Bertz CT molecular complexity index is 1060. The third-order valence-electron chi connectivity index (χ3n) is 5.48. The maximum absolute atomic E-state index is 13.1. The summed E-state index contributed by atoms with van der Waals surface area (Å²) in [6.45, 7) is 4.46. The van der Waals surface area contributed by atoms with Gasteiger partial charge in [0.2, 0.25) is 10.0 Å². The molecule has 1 atom stereocenters. The third-order valence-corrected chi connectivity index (χ3v) is 8.32. The lowest BCUT2D eigenvalue weighted by atomic mass is 10.2. The second-order valence-corrected chi connectivity index (χ2v) is 10.3. The number of ether oxygens (including phenoxy) is 1. The molecule has 10 heteroatoms. The molecule has 0 saturated carbocycles. The maximum atomic E-state index is 13.1. The molecule has 3 heterocycles. The molecule has 2 aliphatic rings. The van der Waals surface area contributed by atoms with Crippen LogP contribution in [0.15, 0.2) is 27.9 Å². The van der Waals surface area contributed by atoms with Crippen LogP contribution in [0.2, 0.25) is 0 Å². The van der Waals surface area contributed by atoms with Crippen molar-refractivity contribution in [3.8, 4) is 0 Å². The van der Waals surface area contributed by atoms with Gasteiger partial charge < -0.3 is 9.64 Å². The molecule has 4 rings (SSSR count). The number of thiazole rings is 1. The predicted octanol–water partition coefficient (Wildman–Crippen LogP) is 1.48. The highest BCUT2D eigenvalue weighted by Gasteiger charge is 2.34. The van der Waals surface area contributed by atoms with Crippen LogP contribution in [0.1, 0.15) is 26.2 Å². The van der Waals surface area contributed by atoms with E-state index in [1.807, 2.05) is 6.92 Å². The molecule has 2 aromatic rings. The maximum Gasteiger partial charge on any atom is 0.308 e. The number of aromatic nitrogens is 1. The number of benzene rings is 1. The van der Waals surface area contributed by atoms with Gasteiger partial charge in [-0.15, -0.1) is 0 Å². The van der Waals surface area contributed by atoms with Crippen LogP contribution in [0.25, 0.3) is 10.2 Å². The number of piperazine rings is 1. The Hall–Kier alpha value is -1.75. The second-order valence-electron chi connectivity index (χ2n) is 7.38. The van der Waals surface area contributed by atoms with Gasteiger partial charge in [-0.2, -0.15) is 4.31 Å². The first-order valence-electron chi connectivity index (χ1n) is 9.95. The zero-order valence-electron chi connectivity index (χ0n) is 16.4. The minimum absolute atomic E-state index is 0.0389. The lowest BCUT2D eigenvalue weighted by Crippen LogP contribution is -2.52. The van der Waals surface area contributed by atoms with Crippen molar-refractivity contribution in [2.24, 2.45) is 0 Å². The molecule has 8 nitrogen and oxygen atoms in total. The van der Waals surface area contributed by atoms with Crippen LogP contribution in [0.3, 0.4) is 0 Å². The second kappa shape index (κ2) is 8.17. The first-order chi connectivity index (χ1) is 13.9. The van der Waals surface area contributed by atoms with E-state index < -0.39 is 10.0 Å². The molecule has 0 aliphatic carbocycles. The zero-order chi connectivity index (χ0) is 20.6. The summed E-state index contributed by atoms with van der Waals surface area (Å²) in [6.07, 6.45) is 2.08. The van der Waals surface area contributed by atoms with Crippen molar-refractivity contribution < 1.29 is 17.9 Å². The van der Waals surface area contributed by atoms with Gasteiger partial charge in [-0.1, -0.05) is 18.3 Å². The van der Waals surface area contributed by atoms with Crippen LogP contribution in [0.4, 0.5) is 0 Å². The molecule has 1 unspecified atom stereocenters. The van der Waals surface area contributed by atoms with Crippen molar-refractivity contribution in [3.05, 3.63) is 27.9 Å². The van der Waals surface area contributed by atoms with Crippen LogP contribution in [-0.4, -0.2) is 67.0 Å². The normalized spacial score (nSPS) is 21.1. The number of carbonyl (C=O) groups is 1. The minimum Gasteiger partial charge on any atom is -0.368 e. The molecule has 0 N–H and O–H groups in total. The van der Waals surface area contributed by atoms with Crippen LogP contribution >= 0.6 is 11.3 Å². The van der Waals surface area contributed by atoms with E-state index in [9.17, 15) is 18.0 Å². The molecule has 0 spiro atoms. The lowest BCUT2D eigenvalue weighted by Gasteiger charge is -2.35. The van der Waals surface area contributed by atoms with E-state index in [0.717, 1.165) is 36.1 Å². The molecule has 1 aromatic carbocycles. The summed E-state index contributed by atoms with van der Waals surface area (Å²) in [4.78, 5) is 26.5. The Morgan fingerprint density at radius 3 is 2.66 bits per heavy atom. The van der Waals surface area contributed by atoms with Gasteiger partial charge in [-0.25, -0.2) is 8.42 Å². The van der Waals surface area contributed by atoms with Gasteiger partial charge in [-0.3, -0.25) is 14.2 Å². The average molecular weight is 440 g/mol. The number of aryl methyl sites for hydroxylation is 1. The predicted molar refractivity (Wildman–Crippen MR) is 111 cm³/mol. The van der Waals surface area contributed by atoms with Crippen LogP contribution in [0.5, 0.6) is 0 Å². The topological polar surface area (TPSA) is 88.9 Å². The highest BCUT2D eigenvalue weighted by atomic mass is 32.2. The summed E-state index contributed by atoms with van der Waals surface area (Å²) in [6, 6.07) is 4.87. The smallest absolute Gasteiger partial charge is 0.308 e. The van der Waals surface area contributed by atoms with Crippen molar-refractivity contribution in [1.29, 1.82) is 0 Å². The largest absolute Gasteiger partial charge is 0.368 e. The van der Waals surface area contributed by atoms with Crippen molar-refractivity contribution >= 4 is 37.5 Å². The fourth-order valence-electron chi connectivity index (χ4n) is 3.92. The fraction of sp³-hybridized carbons (Fsp3) is 0.579. The van der Waals surface area contributed by atoms with Crippen LogP contribution < -0.4 is 4.87 Å². The van der Waals surface area contributed by atoms with E-state index in [0.29, 0.717) is 30.9 Å². The molecule has 1 aromatic heterocycles. The van der Waals surface area contributed by atoms with E-state index in [4.69, 9.17) is 4.74 Å². The number of hydrogen-bond donors (Lipinski definition) is 0. The zero-order valence-corrected chi connectivity index (χ0v) is 18.0. The van der Waals surface area contributed by atoms with Crippen molar-refractivity contribution in [3.63, 3.8) is 0 Å². The first-order valence-corrected chi connectivity index (χ1v) is 12.2. The molecule has 158 valence electrons. The Balaban J connectivity index is 1.50. The molecule has 2 saturated heterocycles. The van der Waals surface area contributed by atoms with Gasteiger partial charge in [-0.05, 0) is 37.5 Å². The van der Waals surface area contributed by atoms with Crippen molar-refractivity contribution in [2.75, 3.05) is 32.8 Å². The Labute approximate surface area is 173 Å². The quantitative estimate of drug-likeness (QED) is 0.704. The van der Waals surface area contributed by atoms with Crippen molar-refractivity contribution in [1.82, 2.24) is 13.8 Å². The molecular formula is C19H25N3O5S2. The lowest BCUT2D eigenvalue weighted by molar-refractivity contribution is -0.142. The van der Waals surface area contributed by atoms with E-state index in [1.165, 1.54) is 4.31 Å². The molecule has 29 heavy (non-hydrogen) atoms. The van der Waals surface area contributed by atoms with Gasteiger partial charge in [0, 0.05) is 39.3 Å². The minimum atomic E-state index is -3.68.